The summed E-state index contributed by atoms with van der Waals surface area (Å²) < 4.78 is 33.4. The van der Waals surface area contributed by atoms with Gasteiger partial charge in [-0.3, -0.25) is 0 Å². The van der Waals surface area contributed by atoms with Crippen molar-refractivity contribution in [1.29, 1.82) is 0 Å². The number of sulfone groups is 1. The lowest BCUT2D eigenvalue weighted by molar-refractivity contribution is 0.0276. The van der Waals surface area contributed by atoms with Crippen LogP contribution in [0.3, 0.4) is 0 Å². The molecule has 1 aromatic rings. The van der Waals surface area contributed by atoms with Gasteiger partial charge >= 0.3 is 0 Å². The molecule has 2 fully saturated rings. The third kappa shape index (κ3) is 3.09. The van der Waals surface area contributed by atoms with E-state index in [4.69, 9.17) is 21.1 Å². The van der Waals surface area contributed by atoms with Crippen molar-refractivity contribution in [3.05, 3.63) is 28.8 Å². The van der Waals surface area contributed by atoms with Crippen LogP contribution in [0.25, 0.3) is 0 Å². The first-order valence-electron chi connectivity index (χ1n) is 6.52. The molecule has 2 heterocycles. The van der Waals surface area contributed by atoms with Crippen LogP contribution in [0.5, 0.6) is 5.75 Å². The summed E-state index contributed by atoms with van der Waals surface area (Å²) in [5, 5.41) is 3.75. The van der Waals surface area contributed by atoms with Crippen LogP contribution in [0.1, 0.15) is 11.7 Å². The molecule has 1 unspecified atom stereocenters. The van der Waals surface area contributed by atoms with Gasteiger partial charge in [0.05, 0.1) is 29.2 Å². The molecule has 0 spiro atoms. The summed E-state index contributed by atoms with van der Waals surface area (Å²) in [5.74, 6) is 0.667. The lowest BCUT2D eigenvalue weighted by atomic mass is 10.1. The molecule has 5 nitrogen and oxygen atoms in total. The predicted molar refractivity (Wildman–Crippen MR) is 76.1 cm³/mol. The maximum Gasteiger partial charge on any atom is 0.157 e. The number of morpholine rings is 1. The minimum atomic E-state index is -2.89. The zero-order valence-corrected chi connectivity index (χ0v) is 12.4. The third-order valence-corrected chi connectivity index (χ3v) is 5.48. The Hall–Kier alpha value is -0.820. The van der Waals surface area contributed by atoms with E-state index in [-0.39, 0.29) is 23.7 Å². The van der Waals surface area contributed by atoms with Crippen molar-refractivity contribution in [2.75, 3.05) is 31.2 Å². The molecule has 0 radical (unpaired) electrons. The number of nitrogens with one attached hydrogen (secondary N) is 1. The van der Waals surface area contributed by atoms with Crippen molar-refractivity contribution in [1.82, 2.24) is 5.32 Å². The van der Waals surface area contributed by atoms with Crippen LogP contribution in [0.15, 0.2) is 18.2 Å². The highest BCUT2D eigenvalue weighted by Crippen LogP contribution is 2.31. The van der Waals surface area contributed by atoms with Gasteiger partial charge in [0.1, 0.15) is 11.9 Å². The first-order valence-corrected chi connectivity index (χ1v) is 8.72. The highest BCUT2D eigenvalue weighted by Gasteiger charge is 2.35. The molecule has 0 amide bonds. The zero-order valence-electron chi connectivity index (χ0n) is 10.8. The van der Waals surface area contributed by atoms with Crippen LogP contribution in [0.2, 0.25) is 5.02 Å². The Morgan fingerprint density at radius 2 is 2.15 bits per heavy atom. The fourth-order valence-electron chi connectivity index (χ4n) is 2.36. The fraction of sp³-hybridized carbons (Fsp3) is 0.538. The van der Waals surface area contributed by atoms with Crippen molar-refractivity contribution in [2.24, 2.45) is 0 Å². The molecule has 1 atom stereocenters. The standard InChI is InChI=1S/C13H16ClNO4S/c14-11-5-9(13-6-15-3-4-18-13)1-2-12(11)19-10-7-20(16,17)8-10/h1-2,5,10,13,15H,3-4,6-8H2. The molecule has 0 aliphatic carbocycles. The molecule has 20 heavy (non-hydrogen) atoms. The van der Waals surface area contributed by atoms with E-state index in [1.54, 1.807) is 6.07 Å². The number of hydrogen-bond acceptors (Lipinski definition) is 5. The summed E-state index contributed by atoms with van der Waals surface area (Å²) in [5.41, 5.74) is 0.996. The quantitative estimate of drug-likeness (QED) is 0.907. The summed E-state index contributed by atoms with van der Waals surface area (Å²) >= 11 is 6.19. The Morgan fingerprint density at radius 3 is 2.75 bits per heavy atom. The number of rotatable bonds is 3. The molecule has 7 heteroatoms. The fourth-order valence-corrected chi connectivity index (χ4v) is 3.76. The van der Waals surface area contributed by atoms with Gasteiger partial charge in [0, 0.05) is 13.1 Å². The molecule has 3 rings (SSSR count). The Morgan fingerprint density at radius 1 is 1.35 bits per heavy atom. The second-order valence-corrected chi connectivity index (χ2v) is 7.63. The Bertz CT molecular complexity index is 586. The largest absolute Gasteiger partial charge is 0.487 e. The highest BCUT2D eigenvalue weighted by atomic mass is 35.5. The second kappa shape index (κ2) is 5.52. The average Bonchev–Trinajstić information content (AvgIpc) is 2.40. The molecule has 110 valence electrons. The average molecular weight is 318 g/mol. The van der Waals surface area contributed by atoms with Crippen molar-refractivity contribution in [3.8, 4) is 5.75 Å². The maximum absolute atomic E-state index is 11.1. The highest BCUT2D eigenvalue weighted by molar-refractivity contribution is 7.92. The number of benzene rings is 1. The Kier molecular flexibility index (Phi) is 3.90. The maximum atomic E-state index is 11.1. The summed E-state index contributed by atoms with van der Waals surface area (Å²) in [4.78, 5) is 0. The minimum Gasteiger partial charge on any atom is -0.487 e. The summed E-state index contributed by atoms with van der Waals surface area (Å²) in [7, 11) is -2.89. The van der Waals surface area contributed by atoms with Crippen LogP contribution >= 0.6 is 11.6 Å². The number of ether oxygens (including phenoxy) is 2. The molecule has 2 aliphatic rings. The smallest absolute Gasteiger partial charge is 0.157 e. The normalized spacial score (nSPS) is 25.9. The topological polar surface area (TPSA) is 64.6 Å². The van der Waals surface area contributed by atoms with Gasteiger partial charge in [-0.05, 0) is 17.7 Å². The zero-order chi connectivity index (χ0) is 14.2. The van der Waals surface area contributed by atoms with Crippen LogP contribution in [-0.4, -0.2) is 45.7 Å². The van der Waals surface area contributed by atoms with E-state index >= 15 is 0 Å². The molecule has 0 saturated carbocycles. The SMILES string of the molecule is O=S1(=O)CC(Oc2ccc(C3CNCCO3)cc2Cl)C1. The lowest BCUT2D eigenvalue weighted by Gasteiger charge is -2.28. The van der Waals surface area contributed by atoms with Crippen molar-refractivity contribution < 1.29 is 17.9 Å². The number of halogens is 1. The van der Waals surface area contributed by atoms with E-state index in [0.717, 1.165) is 18.7 Å². The van der Waals surface area contributed by atoms with Crippen molar-refractivity contribution >= 4 is 21.4 Å². The van der Waals surface area contributed by atoms with Gasteiger partial charge in [0.25, 0.3) is 0 Å². The first kappa shape index (κ1) is 14.1. The van der Waals surface area contributed by atoms with Gasteiger partial charge in [0.2, 0.25) is 0 Å². The molecule has 1 aromatic carbocycles. The van der Waals surface area contributed by atoms with E-state index in [0.29, 0.717) is 17.4 Å². The van der Waals surface area contributed by atoms with E-state index in [1.165, 1.54) is 0 Å². The van der Waals surface area contributed by atoms with E-state index in [1.807, 2.05) is 12.1 Å². The van der Waals surface area contributed by atoms with Gasteiger partial charge in [-0.25, -0.2) is 8.42 Å². The Labute approximate surface area is 123 Å². The van der Waals surface area contributed by atoms with Crippen LogP contribution in [-0.2, 0) is 14.6 Å². The molecule has 1 N–H and O–H groups in total. The summed E-state index contributed by atoms with van der Waals surface area (Å²) in [6.45, 7) is 2.31. The monoisotopic (exact) mass is 317 g/mol. The van der Waals surface area contributed by atoms with Crippen molar-refractivity contribution in [3.63, 3.8) is 0 Å². The third-order valence-electron chi connectivity index (χ3n) is 3.43. The summed E-state index contributed by atoms with van der Waals surface area (Å²) in [6.07, 6.45) is -0.282. The predicted octanol–water partition coefficient (Wildman–Crippen LogP) is 1.18. The van der Waals surface area contributed by atoms with E-state index < -0.39 is 9.84 Å². The van der Waals surface area contributed by atoms with Gasteiger partial charge in [-0.2, -0.15) is 0 Å². The lowest BCUT2D eigenvalue weighted by Crippen LogP contribution is -2.45. The summed E-state index contributed by atoms with van der Waals surface area (Å²) in [6, 6.07) is 5.51. The molecular weight excluding hydrogens is 302 g/mol. The van der Waals surface area contributed by atoms with Gasteiger partial charge in [0.15, 0.2) is 9.84 Å². The van der Waals surface area contributed by atoms with Crippen LogP contribution < -0.4 is 10.1 Å². The molecular formula is C13H16ClNO4S. The van der Waals surface area contributed by atoms with Gasteiger partial charge in [-0.15, -0.1) is 0 Å². The van der Waals surface area contributed by atoms with E-state index in [2.05, 4.69) is 5.32 Å². The van der Waals surface area contributed by atoms with Crippen LogP contribution in [0, 0.1) is 0 Å². The van der Waals surface area contributed by atoms with Gasteiger partial charge < -0.3 is 14.8 Å². The second-order valence-electron chi connectivity index (χ2n) is 5.07. The molecule has 2 saturated heterocycles. The molecule has 0 aromatic heterocycles. The number of hydrogen-bond donors (Lipinski definition) is 1. The first-order chi connectivity index (χ1) is 9.53. The van der Waals surface area contributed by atoms with Gasteiger partial charge in [-0.1, -0.05) is 17.7 Å². The molecule has 2 aliphatic heterocycles. The van der Waals surface area contributed by atoms with E-state index in [9.17, 15) is 8.42 Å². The molecule has 0 bridgehead atoms. The Balaban J connectivity index is 1.68. The van der Waals surface area contributed by atoms with Crippen LogP contribution in [0.4, 0.5) is 0 Å². The minimum absolute atomic E-state index is 0.000574. The van der Waals surface area contributed by atoms with Crippen molar-refractivity contribution in [2.45, 2.75) is 12.2 Å².